The summed E-state index contributed by atoms with van der Waals surface area (Å²) in [5.41, 5.74) is 4.72. The van der Waals surface area contributed by atoms with E-state index < -0.39 is 0 Å². The summed E-state index contributed by atoms with van der Waals surface area (Å²) in [4.78, 5) is 14.2. The standard InChI is InChI=1S/C20H24N2O/c1-14(2)12-20(23)21-17-8-10-18(11-9-17)22-15(3)13-16-6-4-5-7-19(16)22/h4-11,14-15H,12-13H2,1-3H3,(H,21,23). The van der Waals surface area contributed by atoms with Crippen molar-refractivity contribution < 1.29 is 4.79 Å². The molecule has 3 rings (SSSR count). The number of para-hydroxylation sites is 1. The van der Waals surface area contributed by atoms with Gasteiger partial charge in [-0.25, -0.2) is 0 Å². The molecule has 0 aliphatic carbocycles. The summed E-state index contributed by atoms with van der Waals surface area (Å²) in [6.07, 6.45) is 1.63. The second-order valence-corrected chi connectivity index (χ2v) is 6.74. The van der Waals surface area contributed by atoms with Crippen LogP contribution in [0, 0.1) is 5.92 Å². The molecular weight excluding hydrogens is 284 g/mol. The van der Waals surface area contributed by atoms with Crippen LogP contribution in [0.25, 0.3) is 0 Å². The highest BCUT2D eigenvalue weighted by Crippen LogP contribution is 2.38. The van der Waals surface area contributed by atoms with Crippen LogP contribution in [0.5, 0.6) is 0 Å². The molecule has 0 bridgehead atoms. The average Bonchev–Trinajstić information content (AvgIpc) is 2.83. The summed E-state index contributed by atoms with van der Waals surface area (Å²) in [6.45, 7) is 6.35. The minimum Gasteiger partial charge on any atom is -0.338 e. The number of carbonyl (C=O) groups is 1. The molecule has 0 fully saturated rings. The van der Waals surface area contributed by atoms with E-state index in [-0.39, 0.29) is 5.91 Å². The summed E-state index contributed by atoms with van der Waals surface area (Å²) in [5, 5.41) is 2.96. The Labute approximate surface area is 138 Å². The third-order valence-corrected chi connectivity index (χ3v) is 4.23. The van der Waals surface area contributed by atoms with Gasteiger partial charge in [0.05, 0.1) is 0 Å². The highest BCUT2D eigenvalue weighted by molar-refractivity contribution is 5.91. The van der Waals surface area contributed by atoms with E-state index in [2.05, 4.69) is 67.4 Å². The molecule has 1 amide bonds. The SMILES string of the molecule is CC(C)CC(=O)Nc1ccc(N2c3ccccc3CC2C)cc1. The van der Waals surface area contributed by atoms with Gasteiger partial charge in [-0.05, 0) is 55.2 Å². The quantitative estimate of drug-likeness (QED) is 0.883. The molecule has 1 heterocycles. The number of carbonyl (C=O) groups excluding carboxylic acids is 1. The van der Waals surface area contributed by atoms with Crippen molar-refractivity contribution in [2.24, 2.45) is 5.92 Å². The Morgan fingerprint density at radius 1 is 1.17 bits per heavy atom. The maximum absolute atomic E-state index is 11.9. The molecule has 120 valence electrons. The molecule has 2 aromatic rings. The molecule has 1 unspecified atom stereocenters. The first-order chi connectivity index (χ1) is 11.0. The maximum atomic E-state index is 11.9. The first-order valence-corrected chi connectivity index (χ1v) is 8.31. The number of rotatable bonds is 4. The Balaban J connectivity index is 1.76. The van der Waals surface area contributed by atoms with Gasteiger partial charge in [0.15, 0.2) is 0 Å². The van der Waals surface area contributed by atoms with Crippen LogP contribution in [0.3, 0.4) is 0 Å². The maximum Gasteiger partial charge on any atom is 0.224 e. The minimum absolute atomic E-state index is 0.0765. The molecule has 0 radical (unpaired) electrons. The lowest BCUT2D eigenvalue weighted by Gasteiger charge is -2.25. The Bertz CT molecular complexity index is 691. The molecule has 0 spiro atoms. The van der Waals surface area contributed by atoms with Crippen LogP contribution >= 0.6 is 0 Å². The largest absolute Gasteiger partial charge is 0.338 e. The third kappa shape index (κ3) is 3.39. The van der Waals surface area contributed by atoms with Crippen LogP contribution < -0.4 is 10.2 Å². The highest BCUT2D eigenvalue weighted by Gasteiger charge is 2.26. The molecule has 1 aliphatic heterocycles. The number of nitrogens with zero attached hydrogens (tertiary/aromatic N) is 1. The zero-order valence-electron chi connectivity index (χ0n) is 14.0. The molecule has 1 atom stereocenters. The molecule has 23 heavy (non-hydrogen) atoms. The predicted octanol–water partition coefficient (Wildman–Crippen LogP) is 4.75. The highest BCUT2D eigenvalue weighted by atomic mass is 16.1. The summed E-state index contributed by atoms with van der Waals surface area (Å²) in [6, 6.07) is 17.2. The van der Waals surface area contributed by atoms with Crippen LogP contribution in [0.15, 0.2) is 48.5 Å². The van der Waals surface area contributed by atoms with Gasteiger partial charge in [-0.3, -0.25) is 4.79 Å². The van der Waals surface area contributed by atoms with E-state index >= 15 is 0 Å². The van der Waals surface area contributed by atoms with E-state index in [4.69, 9.17) is 0 Å². The van der Waals surface area contributed by atoms with Crippen molar-refractivity contribution >= 4 is 23.0 Å². The van der Waals surface area contributed by atoms with E-state index in [1.807, 2.05) is 12.1 Å². The van der Waals surface area contributed by atoms with Gasteiger partial charge in [0.2, 0.25) is 5.91 Å². The second-order valence-electron chi connectivity index (χ2n) is 6.74. The number of benzene rings is 2. The van der Waals surface area contributed by atoms with Crippen molar-refractivity contribution in [2.45, 2.75) is 39.7 Å². The van der Waals surface area contributed by atoms with Crippen molar-refractivity contribution in [2.75, 3.05) is 10.2 Å². The smallest absolute Gasteiger partial charge is 0.224 e. The van der Waals surface area contributed by atoms with Gasteiger partial charge in [0.1, 0.15) is 0 Å². The number of nitrogens with one attached hydrogen (secondary N) is 1. The summed E-state index contributed by atoms with van der Waals surface area (Å²) >= 11 is 0. The van der Waals surface area contributed by atoms with Gasteiger partial charge < -0.3 is 10.2 Å². The number of hydrogen-bond donors (Lipinski definition) is 1. The van der Waals surface area contributed by atoms with Gasteiger partial charge in [0, 0.05) is 29.5 Å². The Morgan fingerprint density at radius 2 is 1.87 bits per heavy atom. The van der Waals surface area contributed by atoms with Gasteiger partial charge in [0.25, 0.3) is 0 Å². The first-order valence-electron chi connectivity index (χ1n) is 8.31. The fraction of sp³-hybridized carbons (Fsp3) is 0.350. The van der Waals surface area contributed by atoms with E-state index in [0.29, 0.717) is 18.4 Å². The molecule has 3 nitrogen and oxygen atoms in total. The summed E-state index contributed by atoms with van der Waals surface area (Å²) < 4.78 is 0. The lowest BCUT2D eigenvalue weighted by atomic mass is 10.1. The van der Waals surface area contributed by atoms with Crippen molar-refractivity contribution in [3.05, 3.63) is 54.1 Å². The van der Waals surface area contributed by atoms with Crippen LogP contribution in [-0.4, -0.2) is 11.9 Å². The van der Waals surface area contributed by atoms with E-state index in [9.17, 15) is 4.79 Å². The van der Waals surface area contributed by atoms with Crippen LogP contribution in [0.1, 0.15) is 32.8 Å². The molecular formula is C20H24N2O. The zero-order valence-corrected chi connectivity index (χ0v) is 14.0. The Morgan fingerprint density at radius 3 is 2.57 bits per heavy atom. The van der Waals surface area contributed by atoms with Crippen molar-refractivity contribution in [1.82, 2.24) is 0 Å². The average molecular weight is 308 g/mol. The number of fused-ring (bicyclic) bond motifs is 1. The van der Waals surface area contributed by atoms with E-state index in [1.54, 1.807) is 0 Å². The van der Waals surface area contributed by atoms with Crippen LogP contribution in [-0.2, 0) is 11.2 Å². The van der Waals surface area contributed by atoms with E-state index in [1.165, 1.54) is 16.9 Å². The van der Waals surface area contributed by atoms with Crippen LogP contribution in [0.2, 0.25) is 0 Å². The molecule has 3 heteroatoms. The topological polar surface area (TPSA) is 32.3 Å². The number of hydrogen-bond acceptors (Lipinski definition) is 2. The van der Waals surface area contributed by atoms with Crippen molar-refractivity contribution in [1.29, 1.82) is 0 Å². The van der Waals surface area contributed by atoms with E-state index in [0.717, 1.165) is 12.1 Å². The first kappa shape index (κ1) is 15.6. The lowest BCUT2D eigenvalue weighted by molar-refractivity contribution is -0.116. The van der Waals surface area contributed by atoms with Crippen molar-refractivity contribution in [3.63, 3.8) is 0 Å². The van der Waals surface area contributed by atoms with Crippen molar-refractivity contribution in [3.8, 4) is 0 Å². The Kier molecular flexibility index (Phi) is 4.37. The normalized spacial score (nSPS) is 16.5. The van der Waals surface area contributed by atoms with Gasteiger partial charge in [-0.1, -0.05) is 32.0 Å². The molecule has 0 saturated carbocycles. The second kappa shape index (κ2) is 6.45. The predicted molar refractivity (Wildman–Crippen MR) is 96.3 cm³/mol. The fourth-order valence-electron chi connectivity index (χ4n) is 3.25. The summed E-state index contributed by atoms with van der Waals surface area (Å²) in [7, 11) is 0. The third-order valence-electron chi connectivity index (χ3n) is 4.23. The van der Waals surface area contributed by atoms with Gasteiger partial charge in [-0.15, -0.1) is 0 Å². The molecule has 2 aromatic carbocycles. The zero-order chi connectivity index (χ0) is 16.4. The number of amides is 1. The van der Waals surface area contributed by atoms with Gasteiger partial charge >= 0.3 is 0 Å². The number of anilines is 3. The Hall–Kier alpha value is -2.29. The summed E-state index contributed by atoms with van der Waals surface area (Å²) in [5.74, 6) is 0.448. The lowest BCUT2D eigenvalue weighted by Crippen LogP contribution is -2.23. The minimum atomic E-state index is 0.0765. The molecule has 0 aromatic heterocycles. The fourth-order valence-corrected chi connectivity index (χ4v) is 3.25. The van der Waals surface area contributed by atoms with Crippen LogP contribution in [0.4, 0.5) is 17.1 Å². The van der Waals surface area contributed by atoms with Gasteiger partial charge in [-0.2, -0.15) is 0 Å². The monoisotopic (exact) mass is 308 g/mol. The molecule has 1 N–H and O–H groups in total. The molecule has 1 aliphatic rings. The molecule has 0 saturated heterocycles.